The minimum absolute atomic E-state index is 0.669. The topological polar surface area (TPSA) is 18.5 Å². The van der Waals surface area contributed by atoms with Gasteiger partial charge in [0, 0.05) is 0 Å². The zero-order valence-corrected chi connectivity index (χ0v) is 18.5. The molecule has 0 aromatic heterocycles. The molecule has 1 heterocycles. The quantitative estimate of drug-likeness (QED) is 0.353. The first-order valence-electron chi connectivity index (χ1n) is 11.0. The van der Waals surface area contributed by atoms with Crippen molar-refractivity contribution in [3.63, 3.8) is 0 Å². The van der Waals surface area contributed by atoms with Crippen molar-refractivity contribution in [1.82, 2.24) is 0 Å². The molecule has 3 aromatic rings. The van der Waals surface area contributed by atoms with E-state index in [1.807, 2.05) is 0 Å². The van der Waals surface area contributed by atoms with Crippen LogP contribution in [0.15, 0.2) is 103 Å². The number of benzene rings is 3. The monoisotopic (exact) mass is 418 g/mol. The Morgan fingerprint density at radius 2 is 1.13 bits per heavy atom. The Labute approximate surface area is 180 Å². The molecule has 0 saturated heterocycles. The van der Waals surface area contributed by atoms with Gasteiger partial charge in [0.05, 0.1) is 0 Å². The van der Waals surface area contributed by atoms with Gasteiger partial charge in [-0.1, -0.05) is 0 Å². The van der Waals surface area contributed by atoms with Crippen molar-refractivity contribution in [3.8, 4) is 0 Å². The van der Waals surface area contributed by atoms with Crippen molar-refractivity contribution in [2.45, 2.75) is 25.7 Å². The van der Waals surface area contributed by atoms with E-state index < -0.39 is 7.26 Å². The molecule has 2 nitrogen and oxygen atoms in total. The van der Waals surface area contributed by atoms with Crippen molar-refractivity contribution < 1.29 is 9.47 Å². The van der Waals surface area contributed by atoms with Gasteiger partial charge in [0.1, 0.15) is 0 Å². The molecule has 0 amide bonds. The second-order valence-corrected chi connectivity index (χ2v) is 11.9. The van der Waals surface area contributed by atoms with Crippen LogP contribution in [0.25, 0.3) is 0 Å². The molecule has 3 aromatic carbocycles. The van der Waals surface area contributed by atoms with Crippen molar-refractivity contribution in [1.29, 1.82) is 0 Å². The number of allylic oxidation sites excluding steroid dienone is 1. The molecule has 30 heavy (non-hydrogen) atoms. The average molecular weight is 419 g/mol. The first kappa shape index (κ1) is 20.7. The molecule has 0 N–H and O–H groups in total. The maximum absolute atomic E-state index is 5.68. The van der Waals surface area contributed by atoms with Gasteiger partial charge in [0.15, 0.2) is 0 Å². The summed E-state index contributed by atoms with van der Waals surface area (Å²) in [5.41, 5.74) is 0. The van der Waals surface area contributed by atoms with Crippen LogP contribution in [-0.4, -0.2) is 19.4 Å². The summed E-state index contributed by atoms with van der Waals surface area (Å²) >= 11 is 0. The van der Waals surface area contributed by atoms with Crippen LogP contribution in [0.3, 0.4) is 0 Å². The Morgan fingerprint density at radius 3 is 1.60 bits per heavy atom. The third kappa shape index (κ3) is 4.77. The normalized spacial score (nSPS) is 14.3. The third-order valence-corrected chi connectivity index (χ3v) is 11.0. The van der Waals surface area contributed by atoms with Crippen LogP contribution in [-0.2, 0) is 9.47 Å². The summed E-state index contributed by atoms with van der Waals surface area (Å²) in [7, 11) is -2.08. The number of hydrogen-bond donors (Lipinski definition) is 0. The van der Waals surface area contributed by atoms with Crippen LogP contribution in [0.1, 0.15) is 25.7 Å². The second-order valence-electron chi connectivity index (χ2n) is 7.87. The summed E-state index contributed by atoms with van der Waals surface area (Å²) in [5, 5.41) is 4.48. The number of rotatable bonds is 9. The molecular weight excluding hydrogens is 387 g/mol. The van der Waals surface area contributed by atoms with Crippen molar-refractivity contribution in [2.75, 3.05) is 19.4 Å². The van der Waals surface area contributed by atoms with Gasteiger partial charge >= 0.3 is 181 Å². The molecule has 0 fully saturated rings. The van der Waals surface area contributed by atoms with Gasteiger partial charge < -0.3 is 0 Å². The molecule has 156 valence electrons. The summed E-state index contributed by atoms with van der Waals surface area (Å²) in [6.45, 7) is 1.35. The van der Waals surface area contributed by atoms with Gasteiger partial charge in [-0.3, -0.25) is 0 Å². The Balaban J connectivity index is 1.59. The van der Waals surface area contributed by atoms with Crippen LogP contribution in [0.4, 0.5) is 0 Å². The molecule has 0 aliphatic carbocycles. The number of unbranched alkanes of at least 4 members (excludes halogenated alkanes) is 2. The molecule has 0 spiro atoms. The van der Waals surface area contributed by atoms with Crippen LogP contribution >= 0.6 is 7.26 Å². The van der Waals surface area contributed by atoms with Crippen molar-refractivity contribution >= 4 is 23.2 Å². The van der Waals surface area contributed by atoms with Crippen LogP contribution in [0.5, 0.6) is 0 Å². The fraction of sp³-hybridized carbons (Fsp3) is 0.259. The van der Waals surface area contributed by atoms with E-state index in [2.05, 4.69) is 91.0 Å². The SMILES string of the molecule is C1=C(CCCCC[PH](c2ccccc2)(c2ccccc2)c2ccccc2)OCCO1. The van der Waals surface area contributed by atoms with Crippen LogP contribution in [0.2, 0.25) is 0 Å². The van der Waals surface area contributed by atoms with Crippen LogP contribution < -0.4 is 15.9 Å². The van der Waals surface area contributed by atoms with E-state index in [1.54, 1.807) is 6.26 Å². The average Bonchev–Trinajstić information content (AvgIpc) is 2.84. The summed E-state index contributed by atoms with van der Waals surface area (Å²) in [6.07, 6.45) is 7.51. The summed E-state index contributed by atoms with van der Waals surface area (Å²) in [5.74, 6) is 0.999. The Hall–Kier alpha value is -2.57. The fourth-order valence-corrected chi connectivity index (χ4v) is 9.44. The minimum atomic E-state index is -2.08. The Bertz CT molecular complexity index is 826. The zero-order chi connectivity index (χ0) is 20.5. The molecular formula is C27H31O2P. The van der Waals surface area contributed by atoms with E-state index in [1.165, 1.54) is 34.9 Å². The van der Waals surface area contributed by atoms with Crippen LogP contribution in [0, 0.1) is 0 Å². The van der Waals surface area contributed by atoms with Crippen molar-refractivity contribution in [2.24, 2.45) is 0 Å². The molecule has 0 bridgehead atoms. The molecule has 0 radical (unpaired) electrons. The number of hydrogen-bond acceptors (Lipinski definition) is 2. The van der Waals surface area contributed by atoms with Gasteiger partial charge in [0.2, 0.25) is 0 Å². The van der Waals surface area contributed by atoms with Gasteiger partial charge in [-0.15, -0.1) is 0 Å². The van der Waals surface area contributed by atoms with E-state index >= 15 is 0 Å². The molecule has 0 atom stereocenters. The molecule has 1 aliphatic rings. The van der Waals surface area contributed by atoms with E-state index in [0.717, 1.165) is 18.6 Å². The predicted molar refractivity (Wildman–Crippen MR) is 130 cm³/mol. The van der Waals surface area contributed by atoms with Gasteiger partial charge in [-0.2, -0.15) is 0 Å². The Morgan fingerprint density at radius 1 is 0.600 bits per heavy atom. The molecule has 3 heteroatoms. The molecule has 0 unspecified atom stereocenters. The second kappa shape index (κ2) is 10.5. The fourth-order valence-electron chi connectivity index (χ4n) is 4.51. The summed E-state index contributed by atoms with van der Waals surface area (Å²) < 4.78 is 11.1. The summed E-state index contributed by atoms with van der Waals surface area (Å²) in [6, 6.07) is 33.5. The van der Waals surface area contributed by atoms with E-state index in [4.69, 9.17) is 9.47 Å². The van der Waals surface area contributed by atoms with Gasteiger partial charge in [-0.25, -0.2) is 0 Å². The molecule has 0 saturated carbocycles. The maximum atomic E-state index is 5.68. The summed E-state index contributed by atoms with van der Waals surface area (Å²) in [4.78, 5) is 0. The first-order chi connectivity index (χ1) is 14.9. The van der Waals surface area contributed by atoms with E-state index in [-0.39, 0.29) is 0 Å². The standard InChI is InChI=1S/C27H31O2P/c1-6-14-25(15-7-1)30(26-16-8-2-9-17-26,27-18-10-3-11-19-27)22-12-4-5-13-24-23-28-20-21-29-24/h1-3,6-11,14-19,23,30H,4-5,12-13,20-22H2. The first-order valence-corrected chi connectivity index (χ1v) is 13.2. The Kier molecular flexibility index (Phi) is 7.21. The van der Waals surface area contributed by atoms with Gasteiger partial charge in [0.25, 0.3) is 0 Å². The number of ether oxygens (including phenoxy) is 2. The van der Waals surface area contributed by atoms with E-state index in [0.29, 0.717) is 13.2 Å². The molecule has 1 aliphatic heterocycles. The third-order valence-electron chi connectivity index (χ3n) is 5.98. The van der Waals surface area contributed by atoms with Gasteiger partial charge in [-0.05, 0) is 0 Å². The van der Waals surface area contributed by atoms with E-state index in [9.17, 15) is 0 Å². The zero-order valence-electron chi connectivity index (χ0n) is 17.5. The molecule has 4 rings (SSSR count). The van der Waals surface area contributed by atoms with Crippen molar-refractivity contribution in [3.05, 3.63) is 103 Å². The predicted octanol–water partition coefficient (Wildman–Crippen LogP) is 5.16.